The maximum atomic E-state index is 9.59. The minimum absolute atomic E-state index is 0.0617. The second-order valence-corrected chi connectivity index (χ2v) is 5.49. The molecule has 0 aromatic heterocycles. The van der Waals surface area contributed by atoms with Gasteiger partial charge < -0.3 is 10.4 Å². The first kappa shape index (κ1) is 10.4. The smallest absolute Gasteiger partial charge is 0.0546 e. The lowest BCUT2D eigenvalue weighted by atomic mass is 9.84. The fourth-order valence-electron chi connectivity index (χ4n) is 3.35. The summed E-state index contributed by atoms with van der Waals surface area (Å²) in [6.07, 6.45) is 12.9. The molecule has 2 N–H and O–H groups in total. The molecule has 16 heavy (non-hydrogen) atoms. The molecule has 88 valence electrons. The van der Waals surface area contributed by atoms with Gasteiger partial charge in [0, 0.05) is 12.2 Å². The van der Waals surface area contributed by atoms with Crippen LogP contribution in [0.2, 0.25) is 0 Å². The molecular weight excluding hydrogens is 198 g/mol. The van der Waals surface area contributed by atoms with E-state index in [0.29, 0.717) is 12.0 Å². The van der Waals surface area contributed by atoms with Crippen molar-refractivity contribution in [3.8, 4) is 0 Å². The van der Waals surface area contributed by atoms with Crippen molar-refractivity contribution in [2.24, 2.45) is 5.92 Å². The van der Waals surface area contributed by atoms with Crippen molar-refractivity contribution in [2.75, 3.05) is 0 Å². The summed E-state index contributed by atoms with van der Waals surface area (Å²) in [6, 6.07) is 0.615. The predicted octanol–water partition coefficient (Wildman–Crippen LogP) is 2.50. The third-order valence-electron chi connectivity index (χ3n) is 4.34. The maximum absolute atomic E-state index is 9.59. The third kappa shape index (κ3) is 1.91. The second kappa shape index (κ2) is 4.25. The Labute approximate surface area is 97.4 Å². The topological polar surface area (TPSA) is 32.3 Å². The molecule has 2 nitrogen and oxygen atoms in total. The first-order chi connectivity index (χ1) is 7.83. The Morgan fingerprint density at radius 2 is 2.12 bits per heavy atom. The number of hydrogen-bond donors (Lipinski definition) is 2. The molecule has 3 rings (SSSR count). The van der Waals surface area contributed by atoms with Crippen LogP contribution < -0.4 is 5.32 Å². The highest BCUT2D eigenvalue weighted by atomic mass is 16.3. The van der Waals surface area contributed by atoms with Crippen molar-refractivity contribution in [1.29, 1.82) is 0 Å². The zero-order valence-corrected chi connectivity index (χ0v) is 9.78. The number of aliphatic hydroxyl groups excluding tert-OH is 1. The molecule has 0 bridgehead atoms. The summed E-state index contributed by atoms with van der Waals surface area (Å²) >= 11 is 0. The number of fused-ring (bicyclic) bond motifs is 1. The van der Waals surface area contributed by atoms with E-state index in [1.807, 2.05) is 0 Å². The molecular formula is C14H21NO. The Balaban J connectivity index is 1.73. The van der Waals surface area contributed by atoms with Gasteiger partial charge in [-0.3, -0.25) is 0 Å². The number of dihydropyridines is 1. The average molecular weight is 219 g/mol. The largest absolute Gasteiger partial charge is 0.393 e. The van der Waals surface area contributed by atoms with Crippen LogP contribution in [0.25, 0.3) is 0 Å². The van der Waals surface area contributed by atoms with Gasteiger partial charge in [0.1, 0.15) is 0 Å². The lowest BCUT2D eigenvalue weighted by Gasteiger charge is -2.31. The van der Waals surface area contributed by atoms with E-state index in [1.54, 1.807) is 5.57 Å². The SMILES string of the molecule is O[C@@H]1CCC(C2=CN[C@@H]3CCCCC3=C2)C1. The standard InChI is InChI=1S/C14H21NO/c16-13-6-5-10(8-13)12-7-11-3-1-2-4-14(11)15-9-12/h7,9-10,13-16H,1-6,8H2/t10?,13-,14-/m1/s1. The van der Waals surface area contributed by atoms with Crippen LogP contribution in [-0.4, -0.2) is 17.3 Å². The van der Waals surface area contributed by atoms with E-state index in [2.05, 4.69) is 17.6 Å². The van der Waals surface area contributed by atoms with E-state index in [4.69, 9.17) is 0 Å². The summed E-state index contributed by atoms with van der Waals surface area (Å²) in [6.45, 7) is 0. The molecule has 2 heteroatoms. The van der Waals surface area contributed by atoms with E-state index < -0.39 is 0 Å². The zero-order chi connectivity index (χ0) is 11.0. The first-order valence-corrected chi connectivity index (χ1v) is 6.67. The van der Waals surface area contributed by atoms with Crippen LogP contribution in [0, 0.1) is 5.92 Å². The Hall–Kier alpha value is -0.760. The van der Waals surface area contributed by atoms with E-state index in [0.717, 1.165) is 19.3 Å². The molecule has 2 aliphatic carbocycles. The molecule has 1 unspecified atom stereocenters. The van der Waals surface area contributed by atoms with Gasteiger partial charge in [-0.05, 0) is 55.6 Å². The maximum Gasteiger partial charge on any atom is 0.0546 e. The molecule has 2 saturated carbocycles. The average Bonchev–Trinajstić information content (AvgIpc) is 2.75. The minimum Gasteiger partial charge on any atom is -0.393 e. The molecule has 0 aromatic rings. The fourth-order valence-corrected chi connectivity index (χ4v) is 3.35. The monoisotopic (exact) mass is 219 g/mol. The van der Waals surface area contributed by atoms with Gasteiger partial charge in [0.2, 0.25) is 0 Å². The molecule has 3 atom stereocenters. The van der Waals surface area contributed by atoms with E-state index in [1.165, 1.54) is 31.3 Å². The van der Waals surface area contributed by atoms with Crippen LogP contribution in [0.5, 0.6) is 0 Å². The Morgan fingerprint density at radius 3 is 2.94 bits per heavy atom. The van der Waals surface area contributed by atoms with Gasteiger partial charge in [0.05, 0.1) is 6.10 Å². The van der Waals surface area contributed by atoms with Gasteiger partial charge >= 0.3 is 0 Å². The van der Waals surface area contributed by atoms with Gasteiger partial charge in [-0.15, -0.1) is 0 Å². The number of hydrogen-bond acceptors (Lipinski definition) is 2. The van der Waals surface area contributed by atoms with E-state index in [9.17, 15) is 5.11 Å². The number of rotatable bonds is 1. The van der Waals surface area contributed by atoms with Gasteiger partial charge in [-0.2, -0.15) is 0 Å². The van der Waals surface area contributed by atoms with Gasteiger partial charge in [-0.1, -0.05) is 12.5 Å². The van der Waals surface area contributed by atoms with Crippen molar-refractivity contribution in [2.45, 2.75) is 57.1 Å². The summed E-state index contributed by atoms with van der Waals surface area (Å²) < 4.78 is 0. The lowest BCUT2D eigenvalue weighted by Crippen LogP contribution is -2.32. The van der Waals surface area contributed by atoms with Crippen LogP contribution in [-0.2, 0) is 0 Å². The Kier molecular flexibility index (Phi) is 2.76. The van der Waals surface area contributed by atoms with Crippen molar-refractivity contribution >= 4 is 0 Å². The molecule has 0 radical (unpaired) electrons. The molecule has 1 heterocycles. The van der Waals surface area contributed by atoms with Crippen LogP contribution in [0.3, 0.4) is 0 Å². The number of allylic oxidation sites excluding steroid dienone is 2. The summed E-state index contributed by atoms with van der Waals surface area (Å²) in [5.41, 5.74) is 3.04. The third-order valence-corrected chi connectivity index (χ3v) is 4.34. The highest BCUT2D eigenvalue weighted by Gasteiger charge is 2.28. The number of aliphatic hydroxyl groups is 1. The quantitative estimate of drug-likeness (QED) is 0.710. The van der Waals surface area contributed by atoms with Crippen LogP contribution in [0.4, 0.5) is 0 Å². The van der Waals surface area contributed by atoms with Crippen LogP contribution >= 0.6 is 0 Å². The minimum atomic E-state index is -0.0617. The summed E-state index contributed by atoms with van der Waals surface area (Å²) in [5.74, 6) is 0.595. The molecule has 1 aliphatic heterocycles. The fraction of sp³-hybridized carbons (Fsp3) is 0.714. The second-order valence-electron chi connectivity index (χ2n) is 5.49. The lowest BCUT2D eigenvalue weighted by molar-refractivity contribution is 0.179. The van der Waals surface area contributed by atoms with Gasteiger partial charge in [0.25, 0.3) is 0 Å². The zero-order valence-electron chi connectivity index (χ0n) is 9.78. The normalized spacial score (nSPS) is 38.4. The molecule has 0 saturated heterocycles. The first-order valence-electron chi connectivity index (χ1n) is 6.67. The summed E-state index contributed by atoms with van der Waals surface area (Å²) in [5, 5.41) is 13.1. The van der Waals surface area contributed by atoms with Gasteiger partial charge in [-0.25, -0.2) is 0 Å². The van der Waals surface area contributed by atoms with Crippen molar-refractivity contribution in [3.63, 3.8) is 0 Å². The van der Waals surface area contributed by atoms with Crippen molar-refractivity contribution in [1.82, 2.24) is 5.32 Å². The predicted molar refractivity (Wildman–Crippen MR) is 64.9 cm³/mol. The Morgan fingerprint density at radius 1 is 1.19 bits per heavy atom. The summed E-state index contributed by atoms with van der Waals surface area (Å²) in [4.78, 5) is 0. The molecule has 0 amide bonds. The molecule has 0 spiro atoms. The van der Waals surface area contributed by atoms with Crippen LogP contribution in [0.15, 0.2) is 23.4 Å². The van der Waals surface area contributed by atoms with Crippen molar-refractivity contribution in [3.05, 3.63) is 23.4 Å². The molecule has 2 fully saturated rings. The van der Waals surface area contributed by atoms with Crippen LogP contribution in [0.1, 0.15) is 44.9 Å². The van der Waals surface area contributed by atoms with E-state index >= 15 is 0 Å². The van der Waals surface area contributed by atoms with E-state index in [-0.39, 0.29) is 6.10 Å². The number of nitrogens with one attached hydrogen (secondary N) is 1. The Bertz CT molecular complexity index is 332. The molecule has 0 aromatic carbocycles. The molecule has 3 aliphatic rings. The van der Waals surface area contributed by atoms with Crippen molar-refractivity contribution < 1.29 is 5.11 Å². The summed E-state index contributed by atoms with van der Waals surface area (Å²) in [7, 11) is 0. The highest BCUT2D eigenvalue weighted by molar-refractivity contribution is 5.34. The van der Waals surface area contributed by atoms with Gasteiger partial charge in [0.15, 0.2) is 0 Å². The highest BCUT2D eigenvalue weighted by Crippen LogP contribution is 2.36.